The van der Waals surface area contributed by atoms with Gasteiger partial charge in [0.25, 0.3) is 0 Å². The molecule has 8 nitrogen and oxygen atoms in total. The van der Waals surface area contributed by atoms with Crippen LogP contribution in [0.25, 0.3) is 11.1 Å². The molecule has 1 saturated heterocycles. The van der Waals surface area contributed by atoms with E-state index in [1.807, 2.05) is 36.4 Å². The van der Waals surface area contributed by atoms with E-state index in [0.717, 1.165) is 27.2 Å². The number of hydrogen-bond donors (Lipinski definition) is 2. The van der Waals surface area contributed by atoms with E-state index in [0.29, 0.717) is 0 Å². The summed E-state index contributed by atoms with van der Waals surface area (Å²) in [5, 5.41) is 11.9. The van der Waals surface area contributed by atoms with Crippen LogP contribution in [0.2, 0.25) is 0 Å². The number of carboxylic acid groups (broad SMARTS) is 1. The van der Waals surface area contributed by atoms with Gasteiger partial charge >= 0.3 is 12.1 Å². The average Bonchev–Trinajstić information content (AvgIpc) is 3.38. The fourth-order valence-corrected chi connectivity index (χ4v) is 4.35. The molecule has 2 aromatic carbocycles. The van der Waals surface area contributed by atoms with E-state index in [4.69, 9.17) is 14.6 Å². The lowest BCUT2D eigenvalue weighted by molar-refractivity contribution is -0.150. The van der Waals surface area contributed by atoms with Crippen molar-refractivity contribution in [2.24, 2.45) is 5.92 Å². The highest BCUT2D eigenvalue weighted by Gasteiger charge is 2.39. The number of hydrogen-bond acceptors (Lipinski definition) is 5. The number of benzene rings is 2. The molecule has 8 heteroatoms. The summed E-state index contributed by atoms with van der Waals surface area (Å²) in [5.74, 6) is -2.21. The number of carbonyl (C=O) groups is 3. The zero-order valence-corrected chi connectivity index (χ0v) is 18.0. The Labute approximate surface area is 186 Å². The van der Waals surface area contributed by atoms with Crippen LogP contribution in [0.1, 0.15) is 24.0 Å². The second kappa shape index (κ2) is 9.00. The summed E-state index contributed by atoms with van der Waals surface area (Å²) in [6.07, 6.45) is -0.630. The largest absolute Gasteiger partial charge is 0.480 e. The molecule has 3 atom stereocenters. The first kappa shape index (κ1) is 21.8. The van der Waals surface area contributed by atoms with Crippen LogP contribution in [0.3, 0.4) is 0 Å². The Morgan fingerprint density at radius 1 is 1.09 bits per heavy atom. The standard InChI is InChI=1S/C24H26N2O6/c1-14(23(28)29)26(2)22(27)20-11-31-13-21(20)25-24(30)32-12-19-17-9-5-3-7-15(17)16-8-4-6-10-18(16)19/h3-10,14,19-21H,11-13H2,1-2H3,(H,25,30)(H,28,29). The summed E-state index contributed by atoms with van der Waals surface area (Å²) in [7, 11) is 1.43. The lowest BCUT2D eigenvalue weighted by Crippen LogP contribution is -2.50. The summed E-state index contributed by atoms with van der Waals surface area (Å²) in [6, 6.07) is 14.6. The van der Waals surface area contributed by atoms with Crippen molar-refractivity contribution in [2.45, 2.75) is 24.9 Å². The minimum atomic E-state index is -1.10. The van der Waals surface area contributed by atoms with Gasteiger partial charge in [0.1, 0.15) is 12.6 Å². The van der Waals surface area contributed by atoms with Gasteiger partial charge in [-0.3, -0.25) is 4.79 Å². The van der Waals surface area contributed by atoms with Crippen LogP contribution in [0.5, 0.6) is 0 Å². The second-order valence-electron chi connectivity index (χ2n) is 8.18. The van der Waals surface area contributed by atoms with Crippen LogP contribution in [-0.2, 0) is 19.1 Å². The van der Waals surface area contributed by atoms with E-state index < -0.39 is 30.1 Å². The lowest BCUT2D eigenvalue weighted by atomic mass is 9.98. The zero-order valence-electron chi connectivity index (χ0n) is 18.0. The highest BCUT2D eigenvalue weighted by atomic mass is 16.5. The number of carboxylic acids is 1. The summed E-state index contributed by atoms with van der Waals surface area (Å²) >= 11 is 0. The third-order valence-electron chi connectivity index (χ3n) is 6.33. The van der Waals surface area contributed by atoms with Crippen molar-refractivity contribution in [1.29, 1.82) is 0 Å². The molecule has 4 rings (SSSR count). The second-order valence-corrected chi connectivity index (χ2v) is 8.18. The predicted molar refractivity (Wildman–Crippen MR) is 116 cm³/mol. The molecule has 0 spiro atoms. The van der Waals surface area contributed by atoms with Gasteiger partial charge < -0.3 is 24.8 Å². The van der Waals surface area contributed by atoms with Gasteiger partial charge in [-0.1, -0.05) is 48.5 Å². The number of rotatable bonds is 6. The van der Waals surface area contributed by atoms with E-state index in [1.165, 1.54) is 14.0 Å². The maximum Gasteiger partial charge on any atom is 0.407 e. The van der Waals surface area contributed by atoms with Crippen molar-refractivity contribution in [2.75, 3.05) is 26.9 Å². The van der Waals surface area contributed by atoms with Crippen molar-refractivity contribution >= 4 is 18.0 Å². The van der Waals surface area contributed by atoms with Crippen molar-refractivity contribution in [3.8, 4) is 11.1 Å². The number of amides is 2. The van der Waals surface area contributed by atoms with Crippen molar-refractivity contribution in [3.63, 3.8) is 0 Å². The molecule has 0 aromatic heterocycles. The van der Waals surface area contributed by atoms with Crippen LogP contribution in [0.4, 0.5) is 4.79 Å². The van der Waals surface area contributed by atoms with Gasteiger partial charge in [-0.2, -0.15) is 0 Å². The van der Waals surface area contributed by atoms with Gasteiger partial charge in [0.2, 0.25) is 5.91 Å². The molecule has 1 aliphatic carbocycles. The van der Waals surface area contributed by atoms with Crippen LogP contribution in [0.15, 0.2) is 48.5 Å². The van der Waals surface area contributed by atoms with Gasteiger partial charge in [0, 0.05) is 13.0 Å². The highest BCUT2D eigenvalue weighted by Crippen LogP contribution is 2.44. The number of alkyl carbamates (subject to hydrolysis) is 1. The lowest BCUT2D eigenvalue weighted by Gasteiger charge is -2.27. The Morgan fingerprint density at radius 3 is 2.28 bits per heavy atom. The van der Waals surface area contributed by atoms with Crippen molar-refractivity contribution in [1.82, 2.24) is 10.2 Å². The van der Waals surface area contributed by atoms with Gasteiger partial charge in [0.05, 0.1) is 25.2 Å². The molecule has 1 aliphatic heterocycles. The fraction of sp³-hybridized carbons (Fsp3) is 0.375. The third kappa shape index (κ3) is 4.05. The minimum Gasteiger partial charge on any atom is -0.480 e. The SMILES string of the molecule is CC(C(=O)O)N(C)C(=O)C1COCC1NC(=O)OCC1c2ccccc2-c2ccccc21. The Hall–Kier alpha value is -3.39. The van der Waals surface area contributed by atoms with E-state index in [2.05, 4.69) is 17.4 Å². The normalized spacial score (nSPS) is 20.2. The van der Waals surface area contributed by atoms with Crippen molar-refractivity contribution in [3.05, 3.63) is 59.7 Å². The first-order chi connectivity index (χ1) is 15.4. The highest BCUT2D eigenvalue weighted by molar-refractivity contribution is 5.86. The van der Waals surface area contributed by atoms with Gasteiger partial charge in [-0.05, 0) is 29.2 Å². The monoisotopic (exact) mass is 438 g/mol. The number of nitrogens with zero attached hydrogens (tertiary/aromatic N) is 1. The Kier molecular flexibility index (Phi) is 6.14. The number of likely N-dealkylation sites (N-methyl/N-ethyl adjacent to an activating group) is 1. The van der Waals surface area contributed by atoms with Gasteiger partial charge in [-0.15, -0.1) is 0 Å². The topological polar surface area (TPSA) is 105 Å². The molecule has 2 N–H and O–H groups in total. The van der Waals surface area contributed by atoms with Crippen LogP contribution in [0, 0.1) is 5.92 Å². The minimum absolute atomic E-state index is 0.0621. The molecule has 1 fully saturated rings. The number of carbonyl (C=O) groups excluding carboxylic acids is 2. The maximum atomic E-state index is 12.7. The fourth-order valence-electron chi connectivity index (χ4n) is 4.35. The Morgan fingerprint density at radius 2 is 1.69 bits per heavy atom. The molecule has 3 unspecified atom stereocenters. The maximum absolute atomic E-state index is 12.7. The number of fused-ring (bicyclic) bond motifs is 3. The Balaban J connectivity index is 1.39. The van der Waals surface area contributed by atoms with E-state index in [-0.39, 0.29) is 31.6 Å². The summed E-state index contributed by atoms with van der Waals surface area (Å²) in [6.45, 7) is 1.88. The van der Waals surface area contributed by atoms with E-state index >= 15 is 0 Å². The molecular formula is C24H26N2O6. The smallest absolute Gasteiger partial charge is 0.407 e. The first-order valence-electron chi connectivity index (χ1n) is 10.6. The quantitative estimate of drug-likeness (QED) is 0.718. The predicted octanol–water partition coefficient (Wildman–Crippen LogP) is 2.47. The average molecular weight is 438 g/mol. The number of nitrogens with one attached hydrogen (secondary N) is 1. The van der Waals surface area contributed by atoms with Crippen LogP contribution >= 0.6 is 0 Å². The summed E-state index contributed by atoms with van der Waals surface area (Å²) < 4.78 is 10.9. The van der Waals surface area contributed by atoms with E-state index in [1.54, 1.807) is 0 Å². The number of ether oxygens (including phenoxy) is 2. The summed E-state index contributed by atoms with van der Waals surface area (Å²) in [4.78, 5) is 37.6. The van der Waals surface area contributed by atoms with Crippen LogP contribution < -0.4 is 5.32 Å². The molecule has 32 heavy (non-hydrogen) atoms. The molecule has 0 bridgehead atoms. The molecule has 0 radical (unpaired) electrons. The zero-order chi connectivity index (χ0) is 22.8. The molecule has 2 aromatic rings. The van der Waals surface area contributed by atoms with Crippen LogP contribution in [-0.4, -0.2) is 66.9 Å². The third-order valence-corrected chi connectivity index (χ3v) is 6.33. The molecule has 0 saturated carbocycles. The molecular weight excluding hydrogens is 412 g/mol. The Bertz CT molecular complexity index is 993. The number of aliphatic carboxylic acids is 1. The molecule has 2 amide bonds. The first-order valence-corrected chi connectivity index (χ1v) is 10.6. The van der Waals surface area contributed by atoms with Gasteiger partial charge in [0.15, 0.2) is 0 Å². The van der Waals surface area contributed by atoms with E-state index in [9.17, 15) is 14.4 Å². The molecule has 168 valence electrons. The van der Waals surface area contributed by atoms with Gasteiger partial charge in [-0.25, -0.2) is 9.59 Å². The molecule has 2 aliphatic rings. The summed E-state index contributed by atoms with van der Waals surface area (Å²) in [5.41, 5.74) is 4.51. The van der Waals surface area contributed by atoms with Crippen molar-refractivity contribution < 1.29 is 29.0 Å². The molecule has 1 heterocycles.